The molecule has 0 saturated carbocycles. The molecule has 0 aliphatic rings. The number of anilines is 1. The molecule has 1 rings (SSSR count). The topological polar surface area (TPSA) is 58.2 Å². The van der Waals surface area contributed by atoms with Crippen LogP contribution < -0.4 is 10.0 Å². The van der Waals surface area contributed by atoms with E-state index in [9.17, 15) is 8.42 Å². The minimum atomic E-state index is -3.49. The van der Waals surface area contributed by atoms with Crippen LogP contribution in [-0.2, 0) is 10.0 Å². The standard InChI is InChI=1S/C13H18N2O2S/c1-4-10-14-18(16,17)13-9-7-6-8-12(13)15-11(3)5-2/h2,6-9,11,14-15H,4,10H2,1,3H3. The average molecular weight is 266 g/mol. The fraction of sp³-hybridized carbons (Fsp3) is 0.385. The smallest absolute Gasteiger partial charge is 0.242 e. The zero-order valence-electron chi connectivity index (χ0n) is 10.6. The van der Waals surface area contributed by atoms with Gasteiger partial charge in [-0.05, 0) is 25.5 Å². The molecule has 0 bridgehead atoms. The predicted octanol–water partition coefficient (Wildman–Crippen LogP) is 1.81. The Morgan fingerprint density at radius 3 is 2.67 bits per heavy atom. The second-order valence-corrected chi connectivity index (χ2v) is 5.66. The molecule has 0 fully saturated rings. The summed E-state index contributed by atoms with van der Waals surface area (Å²) in [5.74, 6) is 2.51. The molecular formula is C13H18N2O2S. The van der Waals surface area contributed by atoms with Crippen LogP contribution in [0.4, 0.5) is 5.69 Å². The van der Waals surface area contributed by atoms with Crippen LogP contribution in [0.5, 0.6) is 0 Å². The lowest BCUT2D eigenvalue weighted by atomic mass is 10.3. The van der Waals surface area contributed by atoms with Crippen molar-refractivity contribution in [1.82, 2.24) is 4.72 Å². The van der Waals surface area contributed by atoms with Gasteiger partial charge >= 0.3 is 0 Å². The van der Waals surface area contributed by atoms with E-state index in [0.29, 0.717) is 12.2 Å². The number of sulfonamides is 1. The number of benzene rings is 1. The van der Waals surface area contributed by atoms with E-state index in [1.54, 1.807) is 31.2 Å². The lowest BCUT2D eigenvalue weighted by Crippen LogP contribution is -2.26. The highest BCUT2D eigenvalue weighted by Gasteiger charge is 2.17. The summed E-state index contributed by atoms with van der Waals surface area (Å²) in [7, 11) is -3.49. The maximum Gasteiger partial charge on any atom is 0.242 e. The molecule has 4 nitrogen and oxygen atoms in total. The van der Waals surface area contributed by atoms with E-state index in [0.717, 1.165) is 6.42 Å². The molecule has 1 aromatic rings. The van der Waals surface area contributed by atoms with Gasteiger partial charge in [0.2, 0.25) is 10.0 Å². The first kappa shape index (κ1) is 14.6. The maximum atomic E-state index is 12.1. The van der Waals surface area contributed by atoms with E-state index in [1.807, 2.05) is 6.92 Å². The van der Waals surface area contributed by atoms with Crippen LogP contribution in [0.15, 0.2) is 29.2 Å². The van der Waals surface area contributed by atoms with E-state index in [2.05, 4.69) is 16.0 Å². The largest absolute Gasteiger partial charge is 0.371 e. The lowest BCUT2D eigenvalue weighted by Gasteiger charge is -2.14. The molecular weight excluding hydrogens is 248 g/mol. The van der Waals surface area contributed by atoms with E-state index in [1.165, 1.54) is 0 Å². The molecule has 0 aliphatic carbocycles. The highest BCUT2D eigenvalue weighted by atomic mass is 32.2. The number of hydrogen-bond donors (Lipinski definition) is 2. The maximum absolute atomic E-state index is 12.1. The van der Waals surface area contributed by atoms with Gasteiger partial charge in [-0.25, -0.2) is 13.1 Å². The van der Waals surface area contributed by atoms with Gasteiger partial charge in [0.25, 0.3) is 0 Å². The molecule has 5 heteroatoms. The summed E-state index contributed by atoms with van der Waals surface area (Å²) in [6.07, 6.45) is 6.03. The zero-order chi connectivity index (χ0) is 13.6. The Morgan fingerprint density at radius 1 is 1.39 bits per heavy atom. The molecule has 0 aliphatic heterocycles. The third kappa shape index (κ3) is 3.76. The van der Waals surface area contributed by atoms with E-state index < -0.39 is 10.0 Å². The van der Waals surface area contributed by atoms with Gasteiger partial charge < -0.3 is 5.32 Å². The summed E-state index contributed by atoms with van der Waals surface area (Å²) in [6, 6.07) is 6.49. The van der Waals surface area contributed by atoms with Gasteiger partial charge in [-0.1, -0.05) is 25.0 Å². The van der Waals surface area contributed by atoms with Crippen LogP contribution in [0, 0.1) is 12.3 Å². The lowest BCUT2D eigenvalue weighted by molar-refractivity contribution is 0.581. The molecule has 0 aromatic heterocycles. The van der Waals surface area contributed by atoms with E-state index in [-0.39, 0.29) is 10.9 Å². The third-order valence-corrected chi connectivity index (χ3v) is 3.86. The summed E-state index contributed by atoms with van der Waals surface area (Å²) in [5.41, 5.74) is 0.520. The van der Waals surface area contributed by atoms with Gasteiger partial charge in [-0.3, -0.25) is 0 Å². The van der Waals surface area contributed by atoms with Gasteiger partial charge in [0.15, 0.2) is 0 Å². The summed E-state index contributed by atoms with van der Waals surface area (Å²) >= 11 is 0. The van der Waals surface area contributed by atoms with Crippen LogP contribution in [0.25, 0.3) is 0 Å². The predicted molar refractivity (Wildman–Crippen MR) is 73.8 cm³/mol. The molecule has 0 spiro atoms. The first-order valence-corrected chi connectivity index (χ1v) is 7.31. The number of hydrogen-bond acceptors (Lipinski definition) is 3. The molecule has 0 radical (unpaired) electrons. The highest BCUT2D eigenvalue weighted by Crippen LogP contribution is 2.21. The minimum Gasteiger partial charge on any atom is -0.371 e. The van der Waals surface area contributed by atoms with Crippen molar-refractivity contribution >= 4 is 15.7 Å². The van der Waals surface area contributed by atoms with Crippen molar-refractivity contribution in [3.05, 3.63) is 24.3 Å². The van der Waals surface area contributed by atoms with Crippen LogP contribution in [0.2, 0.25) is 0 Å². The normalized spacial score (nSPS) is 12.7. The fourth-order valence-corrected chi connectivity index (χ4v) is 2.71. The SMILES string of the molecule is C#CC(C)Nc1ccccc1S(=O)(=O)NCCC. The van der Waals surface area contributed by atoms with Crippen molar-refractivity contribution < 1.29 is 8.42 Å². The van der Waals surface area contributed by atoms with Crippen molar-refractivity contribution in [2.45, 2.75) is 31.2 Å². The Labute approximate surface area is 109 Å². The fourth-order valence-electron chi connectivity index (χ4n) is 1.41. The van der Waals surface area contributed by atoms with Gasteiger partial charge in [-0.15, -0.1) is 6.42 Å². The Bertz CT molecular complexity index is 532. The molecule has 18 heavy (non-hydrogen) atoms. The Balaban J connectivity index is 3.06. The molecule has 1 aromatic carbocycles. The first-order valence-electron chi connectivity index (χ1n) is 5.82. The first-order chi connectivity index (χ1) is 8.51. The van der Waals surface area contributed by atoms with Gasteiger partial charge in [0, 0.05) is 6.54 Å². The van der Waals surface area contributed by atoms with Crippen LogP contribution in [0.1, 0.15) is 20.3 Å². The Kier molecular flexibility index (Phi) is 5.20. The second-order valence-electron chi connectivity index (χ2n) is 3.93. The van der Waals surface area contributed by atoms with E-state index in [4.69, 9.17) is 6.42 Å². The zero-order valence-corrected chi connectivity index (χ0v) is 11.4. The number of nitrogens with one attached hydrogen (secondary N) is 2. The summed E-state index contributed by atoms with van der Waals surface area (Å²) < 4.78 is 26.7. The number of terminal acetylenes is 1. The monoisotopic (exact) mass is 266 g/mol. The highest BCUT2D eigenvalue weighted by molar-refractivity contribution is 7.89. The molecule has 1 atom stereocenters. The Hall–Kier alpha value is -1.51. The van der Waals surface area contributed by atoms with Crippen LogP contribution in [0.3, 0.4) is 0 Å². The van der Waals surface area contributed by atoms with Crippen molar-refractivity contribution in [2.75, 3.05) is 11.9 Å². The average Bonchev–Trinajstić information content (AvgIpc) is 2.36. The van der Waals surface area contributed by atoms with Crippen molar-refractivity contribution in [2.24, 2.45) is 0 Å². The van der Waals surface area contributed by atoms with Gasteiger partial charge in [0.05, 0.1) is 11.7 Å². The summed E-state index contributed by atoms with van der Waals surface area (Å²) in [6.45, 7) is 4.12. The Morgan fingerprint density at radius 2 is 2.06 bits per heavy atom. The minimum absolute atomic E-state index is 0.223. The molecule has 0 heterocycles. The molecule has 1 unspecified atom stereocenters. The summed E-state index contributed by atoms with van der Waals surface area (Å²) in [4.78, 5) is 0.223. The molecule has 2 N–H and O–H groups in total. The molecule has 0 saturated heterocycles. The van der Waals surface area contributed by atoms with Gasteiger partial charge in [-0.2, -0.15) is 0 Å². The van der Waals surface area contributed by atoms with Crippen LogP contribution in [-0.4, -0.2) is 21.0 Å². The number of rotatable bonds is 6. The molecule has 98 valence electrons. The third-order valence-electron chi connectivity index (χ3n) is 2.34. The van der Waals surface area contributed by atoms with Crippen molar-refractivity contribution in [3.63, 3.8) is 0 Å². The second kappa shape index (κ2) is 6.43. The van der Waals surface area contributed by atoms with Crippen molar-refractivity contribution in [1.29, 1.82) is 0 Å². The van der Waals surface area contributed by atoms with Crippen molar-refractivity contribution in [3.8, 4) is 12.3 Å². The van der Waals surface area contributed by atoms with Gasteiger partial charge in [0.1, 0.15) is 4.90 Å². The molecule has 0 amide bonds. The summed E-state index contributed by atoms with van der Waals surface area (Å²) in [5, 5.41) is 2.99. The quantitative estimate of drug-likeness (QED) is 0.772. The number of para-hydroxylation sites is 1. The van der Waals surface area contributed by atoms with Crippen LogP contribution >= 0.6 is 0 Å². The van der Waals surface area contributed by atoms with E-state index >= 15 is 0 Å².